The fourth-order valence-electron chi connectivity index (χ4n) is 2.82. The van der Waals surface area contributed by atoms with Crippen LogP contribution in [0.2, 0.25) is 0 Å². The molecule has 0 unspecified atom stereocenters. The third-order valence-corrected chi connectivity index (χ3v) is 4.11. The largest absolute Gasteiger partial charge is 0.416 e. The second kappa shape index (κ2) is 7.61. The Bertz CT molecular complexity index is 1130. The number of nitrogens with zero attached hydrogens (tertiary/aromatic N) is 2. The SMILES string of the molecule is CCc1nc2cc(C(F)(F)F)ccc2c(=O)n1NC(=O)Cc1cc(F)cc(F)c1. The van der Waals surface area contributed by atoms with E-state index in [-0.39, 0.29) is 28.7 Å². The van der Waals surface area contributed by atoms with Gasteiger partial charge in [-0.25, -0.2) is 18.4 Å². The molecule has 1 aromatic heterocycles. The highest BCUT2D eigenvalue weighted by Crippen LogP contribution is 2.30. The molecule has 3 rings (SSSR count). The normalized spacial score (nSPS) is 11.7. The molecule has 0 saturated heterocycles. The molecular weight excluding hydrogens is 397 g/mol. The number of fused-ring (bicyclic) bond motifs is 1. The van der Waals surface area contributed by atoms with Gasteiger partial charge in [0.1, 0.15) is 17.5 Å². The highest BCUT2D eigenvalue weighted by Gasteiger charge is 2.31. The van der Waals surface area contributed by atoms with Crippen LogP contribution in [0.3, 0.4) is 0 Å². The third-order valence-electron chi connectivity index (χ3n) is 4.11. The summed E-state index contributed by atoms with van der Waals surface area (Å²) < 4.78 is 66.0. The Labute approximate surface area is 160 Å². The highest BCUT2D eigenvalue weighted by atomic mass is 19.4. The summed E-state index contributed by atoms with van der Waals surface area (Å²) in [6.45, 7) is 1.60. The van der Waals surface area contributed by atoms with Crippen molar-refractivity contribution in [2.75, 3.05) is 5.43 Å². The van der Waals surface area contributed by atoms with Crippen molar-refractivity contribution in [3.8, 4) is 0 Å². The summed E-state index contributed by atoms with van der Waals surface area (Å²) in [5, 5.41) is -0.118. The minimum absolute atomic E-state index is 0.0283. The second-order valence-electron chi connectivity index (χ2n) is 6.24. The summed E-state index contributed by atoms with van der Waals surface area (Å²) in [5.74, 6) is -2.43. The quantitative estimate of drug-likeness (QED) is 0.668. The number of aromatic nitrogens is 2. The molecule has 0 saturated carbocycles. The van der Waals surface area contributed by atoms with E-state index < -0.39 is 41.3 Å². The highest BCUT2D eigenvalue weighted by molar-refractivity contribution is 5.86. The van der Waals surface area contributed by atoms with E-state index in [0.717, 1.165) is 35.0 Å². The van der Waals surface area contributed by atoms with E-state index in [2.05, 4.69) is 10.4 Å². The molecule has 0 bridgehead atoms. The van der Waals surface area contributed by atoms with Gasteiger partial charge in [-0.2, -0.15) is 13.2 Å². The van der Waals surface area contributed by atoms with Crippen molar-refractivity contribution in [1.29, 1.82) is 0 Å². The number of benzene rings is 2. The first-order valence-corrected chi connectivity index (χ1v) is 8.46. The molecule has 1 amide bonds. The number of amides is 1. The van der Waals surface area contributed by atoms with Gasteiger partial charge in [0.05, 0.1) is 22.9 Å². The Kier molecular flexibility index (Phi) is 5.36. The Balaban J connectivity index is 1.97. The van der Waals surface area contributed by atoms with Crippen molar-refractivity contribution in [3.05, 3.63) is 75.3 Å². The molecule has 1 heterocycles. The van der Waals surface area contributed by atoms with E-state index in [1.807, 2.05) is 0 Å². The van der Waals surface area contributed by atoms with Crippen molar-refractivity contribution in [2.45, 2.75) is 25.9 Å². The minimum Gasteiger partial charge on any atom is -0.273 e. The Morgan fingerprint density at radius 2 is 1.76 bits per heavy atom. The minimum atomic E-state index is -4.59. The van der Waals surface area contributed by atoms with Crippen molar-refractivity contribution in [2.24, 2.45) is 0 Å². The fraction of sp³-hybridized carbons (Fsp3) is 0.211. The molecule has 10 heteroatoms. The molecule has 1 N–H and O–H groups in total. The van der Waals surface area contributed by atoms with E-state index in [9.17, 15) is 31.5 Å². The van der Waals surface area contributed by atoms with Gasteiger partial charge in [-0.05, 0) is 35.9 Å². The third kappa shape index (κ3) is 4.41. The summed E-state index contributed by atoms with van der Waals surface area (Å²) in [6, 6.07) is 5.10. The zero-order chi connectivity index (χ0) is 21.3. The summed E-state index contributed by atoms with van der Waals surface area (Å²) >= 11 is 0. The molecule has 29 heavy (non-hydrogen) atoms. The lowest BCUT2D eigenvalue weighted by Crippen LogP contribution is -2.37. The van der Waals surface area contributed by atoms with Gasteiger partial charge in [0.25, 0.3) is 5.56 Å². The fourth-order valence-corrected chi connectivity index (χ4v) is 2.82. The number of hydrogen-bond acceptors (Lipinski definition) is 3. The van der Waals surface area contributed by atoms with Crippen LogP contribution in [0.15, 0.2) is 41.2 Å². The number of alkyl halides is 3. The maximum atomic E-state index is 13.3. The van der Waals surface area contributed by atoms with Gasteiger partial charge < -0.3 is 0 Å². The Hall–Kier alpha value is -3.30. The van der Waals surface area contributed by atoms with Gasteiger partial charge >= 0.3 is 6.18 Å². The van der Waals surface area contributed by atoms with E-state index in [4.69, 9.17) is 0 Å². The monoisotopic (exact) mass is 411 g/mol. The van der Waals surface area contributed by atoms with Crippen LogP contribution in [-0.4, -0.2) is 15.6 Å². The molecule has 5 nitrogen and oxygen atoms in total. The number of carbonyl (C=O) groups is 1. The van der Waals surface area contributed by atoms with Crippen LogP contribution in [0.5, 0.6) is 0 Å². The summed E-state index contributed by atoms with van der Waals surface area (Å²) in [7, 11) is 0. The van der Waals surface area contributed by atoms with Gasteiger partial charge in [0, 0.05) is 12.5 Å². The molecule has 0 atom stereocenters. The van der Waals surface area contributed by atoms with Crippen molar-refractivity contribution >= 4 is 16.8 Å². The Morgan fingerprint density at radius 3 is 2.34 bits per heavy atom. The predicted octanol–water partition coefficient (Wildman–Crippen LogP) is 3.57. The zero-order valence-electron chi connectivity index (χ0n) is 15.0. The lowest BCUT2D eigenvalue weighted by Gasteiger charge is -2.14. The number of nitrogens with one attached hydrogen (secondary N) is 1. The summed E-state index contributed by atoms with van der Waals surface area (Å²) in [4.78, 5) is 29.0. The predicted molar refractivity (Wildman–Crippen MR) is 94.8 cm³/mol. The first-order chi connectivity index (χ1) is 13.6. The number of halogens is 5. The van der Waals surface area contributed by atoms with Gasteiger partial charge in [0.2, 0.25) is 5.91 Å². The van der Waals surface area contributed by atoms with Gasteiger partial charge in [-0.15, -0.1) is 0 Å². The average Bonchev–Trinajstić information content (AvgIpc) is 2.61. The van der Waals surface area contributed by atoms with Crippen LogP contribution in [0.25, 0.3) is 10.9 Å². The molecular formula is C19H14F5N3O2. The molecule has 0 aliphatic heterocycles. The maximum absolute atomic E-state index is 13.3. The van der Waals surface area contributed by atoms with Crippen LogP contribution in [0, 0.1) is 11.6 Å². The second-order valence-corrected chi connectivity index (χ2v) is 6.24. The Morgan fingerprint density at radius 1 is 1.10 bits per heavy atom. The van der Waals surface area contributed by atoms with E-state index in [1.54, 1.807) is 6.92 Å². The average molecular weight is 411 g/mol. The van der Waals surface area contributed by atoms with Gasteiger partial charge in [0.15, 0.2) is 0 Å². The molecule has 0 aliphatic carbocycles. The lowest BCUT2D eigenvalue weighted by atomic mass is 10.1. The number of aryl methyl sites for hydroxylation is 1. The van der Waals surface area contributed by atoms with Gasteiger partial charge in [-0.3, -0.25) is 15.0 Å². The smallest absolute Gasteiger partial charge is 0.273 e. The lowest BCUT2D eigenvalue weighted by molar-refractivity contribution is -0.137. The van der Waals surface area contributed by atoms with Crippen LogP contribution >= 0.6 is 0 Å². The maximum Gasteiger partial charge on any atom is 0.416 e. The van der Waals surface area contributed by atoms with Gasteiger partial charge in [-0.1, -0.05) is 6.92 Å². The molecule has 0 radical (unpaired) electrons. The topological polar surface area (TPSA) is 64.0 Å². The molecule has 152 valence electrons. The van der Waals surface area contributed by atoms with Crippen LogP contribution in [0.1, 0.15) is 23.9 Å². The van der Waals surface area contributed by atoms with Crippen molar-refractivity contribution in [3.63, 3.8) is 0 Å². The molecule has 0 aliphatic rings. The van der Waals surface area contributed by atoms with Crippen molar-refractivity contribution in [1.82, 2.24) is 9.66 Å². The first kappa shape index (κ1) is 20.4. The molecule has 0 fully saturated rings. The number of carbonyl (C=O) groups excluding carboxylic acids is 1. The molecule has 2 aromatic carbocycles. The first-order valence-electron chi connectivity index (χ1n) is 8.46. The van der Waals surface area contributed by atoms with Crippen LogP contribution < -0.4 is 11.0 Å². The van der Waals surface area contributed by atoms with Crippen LogP contribution in [0.4, 0.5) is 22.0 Å². The summed E-state index contributed by atoms with van der Waals surface area (Å²) in [5.41, 5.74) is 0.472. The number of rotatable bonds is 4. The van der Waals surface area contributed by atoms with Crippen molar-refractivity contribution < 1.29 is 26.7 Å². The summed E-state index contributed by atoms with van der Waals surface area (Å²) in [6.07, 6.45) is -4.88. The number of hydrogen-bond donors (Lipinski definition) is 1. The van der Waals surface area contributed by atoms with Crippen LogP contribution in [-0.2, 0) is 23.8 Å². The zero-order valence-corrected chi connectivity index (χ0v) is 15.0. The van der Waals surface area contributed by atoms with E-state index in [0.29, 0.717) is 6.07 Å². The molecule has 0 spiro atoms. The van der Waals surface area contributed by atoms with E-state index in [1.165, 1.54) is 0 Å². The molecule has 3 aromatic rings. The standard InChI is InChI=1S/C19H14F5N3O2/c1-2-16-25-15-8-11(19(22,23)24)3-4-14(15)18(29)27(16)26-17(28)7-10-5-12(20)9-13(21)6-10/h3-6,8-9H,2,7H2,1H3,(H,26,28). The van der Waals surface area contributed by atoms with E-state index >= 15 is 0 Å².